The van der Waals surface area contributed by atoms with Gasteiger partial charge in [-0.3, -0.25) is 9.78 Å². The second-order valence-electron chi connectivity index (χ2n) is 8.11. The van der Waals surface area contributed by atoms with Gasteiger partial charge in [0, 0.05) is 25.0 Å². The van der Waals surface area contributed by atoms with Crippen LogP contribution in [0.4, 0.5) is 10.3 Å². The molecule has 0 unspecified atom stereocenters. The number of halogens is 1. The van der Waals surface area contributed by atoms with E-state index >= 15 is 0 Å². The van der Waals surface area contributed by atoms with E-state index in [0.717, 1.165) is 13.1 Å². The molecule has 0 aliphatic carbocycles. The lowest BCUT2D eigenvalue weighted by Crippen LogP contribution is -2.35. The van der Waals surface area contributed by atoms with E-state index in [1.165, 1.54) is 23.9 Å². The number of aromatic amines is 1. The molecule has 1 aliphatic rings. The van der Waals surface area contributed by atoms with Crippen LogP contribution in [0.2, 0.25) is 0 Å². The molecule has 5 rings (SSSR count). The number of nitrogens with one attached hydrogen (secondary N) is 1. The number of rotatable bonds is 4. The van der Waals surface area contributed by atoms with Gasteiger partial charge in [0.25, 0.3) is 5.56 Å². The maximum atomic E-state index is 13.3. The first kappa shape index (κ1) is 19.4. The molecule has 1 fully saturated rings. The smallest absolute Gasteiger partial charge is 0.263 e. The Hall–Kier alpha value is -3.52. The molecule has 158 valence electrons. The lowest BCUT2D eigenvalue weighted by Gasteiger charge is -2.25. The lowest BCUT2D eigenvalue weighted by atomic mass is 9.94. The summed E-state index contributed by atoms with van der Waals surface area (Å²) in [4.78, 5) is 24.8. The summed E-state index contributed by atoms with van der Waals surface area (Å²) >= 11 is 0. The number of likely N-dealkylation sites (N-methyl/N-ethyl adjacent to an activating group) is 1. The van der Waals surface area contributed by atoms with Gasteiger partial charge >= 0.3 is 0 Å². The van der Waals surface area contributed by atoms with Gasteiger partial charge in [0.05, 0.1) is 11.9 Å². The summed E-state index contributed by atoms with van der Waals surface area (Å²) < 4.78 is 14.9. The Balaban J connectivity index is 1.55. The van der Waals surface area contributed by atoms with Crippen molar-refractivity contribution in [3.63, 3.8) is 0 Å². The molecule has 7 nitrogen and oxygen atoms in total. The highest BCUT2D eigenvalue weighted by atomic mass is 19.1. The van der Waals surface area contributed by atoms with E-state index in [-0.39, 0.29) is 17.4 Å². The van der Waals surface area contributed by atoms with Crippen LogP contribution in [0, 0.1) is 5.82 Å². The fourth-order valence-corrected chi connectivity index (χ4v) is 4.34. The number of H-pyrrole nitrogens is 1. The molecule has 1 aliphatic heterocycles. The summed E-state index contributed by atoms with van der Waals surface area (Å²) in [5.74, 6) is 0.483. The number of hydrogen-bond acceptors (Lipinski definition) is 5. The quantitative estimate of drug-likeness (QED) is 0.552. The summed E-state index contributed by atoms with van der Waals surface area (Å²) in [6.07, 6.45) is 1.49. The van der Waals surface area contributed by atoms with Crippen LogP contribution in [-0.4, -0.2) is 57.9 Å². The minimum atomic E-state index is -0.328. The highest BCUT2D eigenvalue weighted by Crippen LogP contribution is 2.32. The monoisotopic (exact) mass is 418 g/mol. The third kappa shape index (κ3) is 3.48. The minimum Gasteiger partial charge on any atom is -0.340 e. The Kier molecular flexibility index (Phi) is 4.78. The predicted molar refractivity (Wildman–Crippen MR) is 118 cm³/mol. The van der Waals surface area contributed by atoms with E-state index in [0.29, 0.717) is 28.6 Å². The highest BCUT2D eigenvalue weighted by Gasteiger charge is 2.36. The van der Waals surface area contributed by atoms with Gasteiger partial charge in [-0.05, 0) is 43.9 Å². The molecule has 0 bridgehead atoms. The molecule has 0 saturated carbocycles. The van der Waals surface area contributed by atoms with Crippen molar-refractivity contribution in [2.75, 3.05) is 32.1 Å². The van der Waals surface area contributed by atoms with Gasteiger partial charge in [0.15, 0.2) is 5.65 Å². The van der Waals surface area contributed by atoms with Crippen molar-refractivity contribution in [2.24, 2.45) is 0 Å². The van der Waals surface area contributed by atoms with Gasteiger partial charge in [0.2, 0.25) is 5.95 Å². The molecule has 0 amide bonds. The Labute approximate surface area is 178 Å². The molecule has 1 saturated heterocycles. The maximum Gasteiger partial charge on any atom is 0.263 e. The molecule has 2 aromatic heterocycles. The number of aromatic nitrogens is 4. The number of hydrogen-bond donors (Lipinski definition) is 1. The van der Waals surface area contributed by atoms with E-state index in [2.05, 4.69) is 58.2 Å². The molecular weight excluding hydrogens is 395 g/mol. The molecule has 4 aromatic rings. The zero-order valence-electron chi connectivity index (χ0n) is 17.4. The van der Waals surface area contributed by atoms with E-state index in [9.17, 15) is 9.18 Å². The van der Waals surface area contributed by atoms with E-state index in [1.54, 1.807) is 16.8 Å². The third-order valence-electron chi connectivity index (χ3n) is 5.98. The van der Waals surface area contributed by atoms with Crippen LogP contribution in [0.15, 0.2) is 65.6 Å². The molecule has 3 heterocycles. The first-order valence-corrected chi connectivity index (χ1v) is 10.2. The second-order valence-corrected chi connectivity index (χ2v) is 8.11. The molecule has 2 aromatic carbocycles. The van der Waals surface area contributed by atoms with Crippen molar-refractivity contribution >= 4 is 17.0 Å². The van der Waals surface area contributed by atoms with Crippen LogP contribution in [0.25, 0.3) is 16.7 Å². The lowest BCUT2D eigenvalue weighted by molar-refractivity contribution is 0.292. The molecule has 8 heteroatoms. The Morgan fingerprint density at radius 3 is 2.52 bits per heavy atom. The number of anilines is 1. The van der Waals surface area contributed by atoms with Crippen molar-refractivity contribution in [1.82, 2.24) is 24.6 Å². The topological polar surface area (TPSA) is 70.1 Å². The van der Waals surface area contributed by atoms with Crippen LogP contribution < -0.4 is 10.5 Å². The number of fused-ring (bicyclic) bond motifs is 1. The van der Waals surface area contributed by atoms with Gasteiger partial charge in [-0.2, -0.15) is 10.1 Å². The zero-order chi connectivity index (χ0) is 21.5. The van der Waals surface area contributed by atoms with E-state index in [1.807, 2.05) is 6.07 Å². The van der Waals surface area contributed by atoms with Crippen molar-refractivity contribution in [3.05, 3.63) is 82.5 Å². The summed E-state index contributed by atoms with van der Waals surface area (Å²) in [6, 6.07) is 16.7. The SMILES string of the molecule is CN(C)[C@@H]1CN(c2nc3c(cnn3-c3ccc(F)cc3)c(=O)[nH]2)C[C@H]1c1ccccc1. The van der Waals surface area contributed by atoms with Gasteiger partial charge in [-0.1, -0.05) is 30.3 Å². The molecule has 0 spiro atoms. The summed E-state index contributed by atoms with van der Waals surface area (Å²) in [5.41, 5.74) is 2.13. The Morgan fingerprint density at radius 1 is 1.06 bits per heavy atom. The fourth-order valence-electron chi connectivity index (χ4n) is 4.34. The van der Waals surface area contributed by atoms with Crippen LogP contribution in [-0.2, 0) is 0 Å². The average Bonchev–Trinajstić information content (AvgIpc) is 3.40. The van der Waals surface area contributed by atoms with Crippen molar-refractivity contribution in [2.45, 2.75) is 12.0 Å². The highest BCUT2D eigenvalue weighted by molar-refractivity contribution is 5.76. The second kappa shape index (κ2) is 7.63. The minimum absolute atomic E-state index is 0.238. The van der Waals surface area contributed by atoms with Crippen LogP contribution in [0.3, 0.4) is 0 Å². The predicted octanol–water partition coefficient (Wildman–Crippen LogP) is 2.78. The van der Waals surface area contributed by atoms with Crippen molar-refractivity contribution in [3.8, 4) is 5.69 Å². The van der Waals surface area contributed by atoms with Gasteiger partial charge in [0.1, 0.15) is 11.2 Å². The van der Waals surface area contributed by atoms with E-state index < -0.39 is 0 Å². The Morgan fingerprint density at radius 2 is 1.81 bits per heavy atom. The normalized spacial score (nSPS) is 18.9. The first-order chi connectivity index (χ1) is 15.0. The third-order valence-corrected chi connectivity index (χ3v) is 5.98. The molecule has 0 radical (unpaired) electrons. The van der Waals surface area contributed by atoms with Gasteiger partial charge in [-0.25, -0.2) is 9.07 Å². The summed E-state index contributed by atoms with van der Waals surface area (Å²) in [7, 11) is 4.15. The van der Waals surface area contributed by atoms with Gasteiger partial charge in [-0.15, -0.1) is 0 Å². The van der Waals surface area contributed by atoms with Crippen molar-refractivity contribution in [1.29, 1.82) is 0 Å². The van der Waals surface area contributed by atoms with Crippen LogP contribution in [0.1, 0.15) is 11.5 Å². The standard InChI is InChI=1S/C23H23FN6O/c1-28(2)20-14-29(13-19(20)15-6-4-3-5-7-15)23-26-21-18(22(31)27-23)12-25-30(21)17-10-8-16(24)9-11-17/h3-12,19-20H,13-14H2,1-2H3,(H,26,27,31)/t19-,20+/m0/s1. The maximum absolute atomic E-state index is 13.3. The van der Waals surface area contributed by atoms with Crippen LogP contribution in [0.5, 0.6) is 0 Å². The Bertz CT molecular complexity index is 1260. The fraction of sp³-hybridized carbons (Fsp3) is 0.261. The average molecular weight is 418 g/mol. The number of nitrogens with zero attached hydrogens (tertiary/aromatic N) is 5. The van der Waals surface area contributed by atoms with Crippen molar-refractivity contribution < 1.29 is 4.39 Å². The summed E-state index contributed by atoms with van der Waals surface area (Å²) in [5, 5.41) is 4.71. The summed E-state index contributed by atoms with van der Waals surface area (Å²) in [6.45, 7) is 1.48. The van der Waals surface area contributed by atoms with Crippen LogP contribution >= 0.6 is 0 Å². The number of benzene rings is 2. The molecule has 31 heavy (non-hydrogen) atoms. The molecule has 2 atom stereocenters. The van der Waals surface area contributed by atoms with E-state index in [4.69, 9.17) is 4.98 Å². The molecular formula is C23H23FN6O. The first-order valence-electron chi connectivity index (χ1n) is 10.2. The van der Waals surface area contributed by atoms with Gasteiger partial charge < -0.3 is 9.80 Å². The molecule has 1 N–H and O–H groups in total. The largest absolute Gasteiger partial charge is 0.340 e. The zero-order valence-corrected chi connectivity index (χ0v) is 17.4.